The summed E-state index contributed by atoms with van der Waals surface area (Å²) in [4.78, 5) is 14.7. The molecule has 0 aliphatic heterocycles. The molecule has 0 saturated heterocycles. The molecule has 0 saturated carbocycles. The summed E-state index contributed by atoms with van der Waals surface area (Å²) in [5.74, 6) is -0.144. The van der Waals surface area contributed by atoms with E-state index in [1.165, 1.54) is 10.9 Å². The minimum absolute atomic E-state index is 0.0863. The van der Waals surface area contributed by atoms with Gasteiger partial charge in [-0.15, -0.1) is 0 Å². The highest BCUT2D eigenvalue weighted by Crippen LogP contribution is 2.21. The van der Waals surface area contributed by atoms with Gasteiger partial charge in [0.15, 0.2) is 0 Å². The van der Waals surface area contributed by atoms with Crippen LogP contribution in [0.5, 0.6) is 5.75 Å². The van der Waals surface area contributed by atoms with Crippen molar-refractivity contribution in [2.45, 2.75) is 6.54 Å². The van der Waals surface area contributed by atoms with Crippen LogP contribution in [-0.4, -0.2) is 27.7 Å². The second kappa shape index (κ2) is 4.69. The molecule has 5 heteroatoms. The molecule has 17 heavy (non-hydrogen) atoms. The second-order valence-electron chi connectivity index (χ2n) is 3.56. The third-order valence-electron chi connectivity index (χ3n) is 2.32. The van der Waals surface area contributed by atoms with Crippen molar-refractivity contribution in [3.05, 3.63) is 36.8 Å². The van der Waals surface area contributed by atoms with Crippen LogP contribution in [0.2, 0.25) is 0 Å². The highest BCUT2D eigenvalue weighted by Gasteiger charge is 2.05. The lowest BCUT2D eigenvalue weighted by Gasteiger charge is -2.01. The fraction of sp³-hybridized carbons (Fsp3) is 0.167. The first kappa shape index (κ1) is 11.2. The van der Waals surface area contributed by atoms with E-state index in [2.05, 4.69) is 4.98 Å². The summed E-state index contributed by atoms with van der Waals surface area (Å²) < 4.78 is 6.64. The van der Waals surface area contributed by atoms with Crippen molar-refractivity contribution in [1.29, 1.82) is 0 Å². The number of hydrogen-bond donors (Lipinski definition) is 1. The summed E-state index contributed by atoms with van der Waals surface area (Å²) in [5.41, 5.74) is 1.62. The molecule has 0 aliphatic carbocycles. The number of methoxy groups -OCH3 is 1. The molecule has 1 aromatic carbocycles. The largest absolute Gasteiger partial charge is 0.497 e. The molecule has 0 bridgehead atoms. The van der Waals surface area contributed by atoms with Gasteiger partial charge in [0.05, 0.1) is 19.1 Å². The lowest BCUT2D eigenvalue weighted by Crippen LogP contribution is -2.06. The zero-order valence-corrected chi connectivity index (χ0v) is 9.33. The van der Waals surface area contributed by atoms with Crippen molar-refractivity contribution in [1.82, 2.24) is 9.55 Å². The molecule has 2 aromatic rings. The number of rotatable bonds is 4. The number of benzene rings is 1. The average molecular weight is 232 g/mol. The summed E-state index contributed by atoms with van der Waals surface area (Å²) in [5, 5.41) is 8.66. The van der Waals surface area contributed by atoms with E-state index in [0.29, 0.717) is 0 Å². The van der Waals surface area contributed by atoms with Crippen molar-refractivity contribution in [3.8, 4) is 17.0 Å². The first-order valence-corrected chi connectivity index (χ1v) is 5.07. The van der Waals surface area contributed by atoms with E-state index in [4.69, 9.17) is 9.84 Å². The first-order valence-electron chi connectivity index (χ1n) is 5.07. The van der Waals surface area contributed by atoms with Gasteiger partial charge >= 0.3 is 5.97 Å². The van der Waals surface area contributed by atoms with Gasteiger partial charge < -0.3 is 14.4 Å². The van der Waals surface area contributed by atoms with Crippen LogP contribution in [0.3, 0.4) is 0 Å². The van der Waals surface area contributed by atoms with Crippen molar-refractivity contribution in [2.24, 2.45) is 0 Å². The Morgan fingerprint density at radius 1 is 1.53 bits per heavy atom. The molecule has 0 aliphatic rings. The third-order valence-corrected chi connectivity index (χ3v) is 2.32. The predicted molar refractivity (Wildman–Crippen MR) is 61.9 cm³/mol. The first-order chi connectivity index (χ1) is 8.19. The Balaban J connectivity index is 2.26. The molecule has 1 N–H and O–H groups in total. The molecule has 88 valence electrons. The Kier molecular flexibility index (Phi) is 3.09. The van der Waals surface area contributed by atoms with E-state index < -0.39 is 5.97 Å². The Labute approximate surface area is 98.3 Å². The highest BCUT2D eigenvalue weighted by molar-refractivity contribution is 5.67. The Hall–Kier alpha value is -2.30. The van der Waals surface area contributed by atoms with Crippen molar-refractivity contribution >= 4 is 5.97 Å². The van der Waals surface area contributed by atoms with E-state index in [9.17, 15) is 4.79 Å². The van der Waals surface area contributed by atoms with Crippen LogP contribution in [0.25, 0.3) is 11.3 Å². The maximum atomic E-state index is 10.5. The minimum atomic E-state index is -0.889. The number of imidazole rings is 1. The molecule has 1 heterocycles. The molecule has 0 radical (unpaired) electrons. The molecule has 0 atom stereocenters. The maximum Gasteiger partial charge on any atom is 0.323 e. The average Bonchev–Trinajstić information content (AvgIpc) is 2.77. The van der Waals surface area contributed by atoms with Gasteiger partial charge in [0.1, 0.15) is 12.3 Å². The molecular formula is C12H12N2O3. The van der Waals surface area contributed by atoms with Gasteiger partial charge in [0.25, 0.3) is 0 Å². The standard InChI is InChI=1S/C12H12N2O3/c1-17-10-4-2-3-9(5-10)11-6-14(8-13-11)7-12(15)16/h2-6,8H,7H2,1H3,(H,15,16). The van der Waals surface area contributed by atoms with Gasteiger partial charge in [0.2, 0.25) is 0 Å². The summed E-state index contributed by atoms with van der Waals surface area (Å²) >= 11 is 0. The molecule has 0 unspecified atom stereocenters. The Morgan fingerprint density at radius 2 is 2.35 bits per heavy atom. The number of ether oxygens (including phenoxy) is 1. The molecule has 0 spiro atoms. The van der Waals surface area contributed by atoms with Gasteiger partial charge in [-0.25, -0.2) is 4.98 Å². The lowest BCUT2D eigenvalue weighted by molar-refractivity contribution is -0.137. The summed E-state index contributed by atoms with van der Waals surface area (Å²) in [6.45, 7) is -0.0863. The smallest absolute Gasteiger partial charge is 0.323 e. The van der Waals surface area contributed by atoms with Crippen LogP contribution in [-0.2, 0) is 11.3 Å². The number of aromatic nitrogens is 2. The van der Waals surface area contributed by atoms with Crippen molar-refractivity contribution < 1.29 is 14.6 Å². The monoisotopic (exact) mass is 232 g/mol. The SMILES string of the molecule is COc1cccc(-c2cn(CC(=O)O)cn2)c1. The van der Waals surface area contributed by atoms with Crippen LogP contribution in [0.1, 0.15) is 0 Å². The van der Waals surface area contributed by atoms with Gasteiger partial charge in [-0.1, -0.05) is 12.1 Å². The number of aliphatic carboxylic acids is 1. The molecular weight excluding hydrogens is 220 g/mol. The van der Waals surface area contributed by atoms with Gasteiger partial charge in [0, 0.05) is 11.8 Å². The van der Waals surface area contributed by atoms with Crippen LogP contribution in [0.4, 0.5) is 0 Å². The lowest BCUT2D eigenvalue weighted by atomic mass is 10.1. The van der Waals surface area contributed by atoms with Crippen LogP contribution >= 0.6 is 0 Å². The number of carboxylic acids is 1. The van der Waals surface area contributed by atoms with E-state index >= 15 is 0 Å². The van der Waals surface area contributed by atoms with Gasteiger partial charge in [-0.2, -0.15) is 0 Å². The zero-order valence-electron chi connectivity index (χ0n) is 9.33. The Bertz CT molecular complexity index is 534. The zero-order chi connectivity index (χ0) is 12.3. The number of nitrogens with zero attached hydrogens (tertiary/aromatic N) is 2. The number of hydrogen-bond acceptors (Lipinski definition) is 3. The van der Waals surface area contributed by atoms with E-state index in [0.717, 1.165) is 17.0 Å². The Morgan fingerprint density at radius 3 is 3.06 bits per heavy atom. The molecule has 5 nitrogen and oxygen atoms in total. The topological polar surface area (TPSA) is 64.3 Å². The predicted octanol–water partition coefficient (Wildman–Crippen LogP) is 1.64. The third kappa shape index (κ3) is 2.63. The molecule has 0 fully saturated rings. The van der Waals surface area contributed by atoms with Crippen LogP contribution < -0.4 is 4.74 Å². The normalized spacial score (nSPS) is 10.2. The summed E-state index contributed by atoms with van der Waals surface area (Å²) in [6.07, 6.45) is 3.20. The van der Waals surface area contributed by atoms with Crippen LogP contribution in [0, 0.1) is 0 Å². The molecule has 2 rings (SSSR count). The van der Waals surface area contributed by atoms with Gasteiger partial charge in [-0.05, 0) is 12.1 Å². The summed E-state index contributed by atoms with van der Waals surface area (Å²) in [7, 11) is 1.60. The number of carbonyl (C=O) groups is 1. The summed E-state index contributed by atoms with van der Waals surface area (Å²) in [6, 6.07) is 7.46. The van der Waals surface area contributed by atoms with Gasteiger partial charge in [-0.3, -0.25) is 4.79 Å². The van der Waals surface area contributed by atoms with Crippen molar-refractivity contribution in [3.63, 3.8) is 0 Å². The fourth-order valence-corrected chi connectivity index (χ4v) is 1.53. The maximum absolute atomic E-state index is 10.5. The quantitative estimate of drug-likeness (QED) is 0.870. The fourth-order valence-electron chi connectivity index (χ4n) is 1.53. The second-order valence-corrected chi connectivity index (χ2v) is 3.56. The highest BCUT2D eigenvalue weighted by atomic mass is 16.5. The number of carboxylic acid groups (broad SMARTS) is 1. The van der Waals surface area contributed by atoms with E-state index in [-0.39, 0.29) is 6.54 Å². The minimum Gasteiger partial charge on any atom is -0.497 e. The van der Waals surface area contributed by atoms with Crippen LogP contribution in [0.15, 0.2) is 36.8 Å². The molecule has 1 aromatic heterocycles. The van der Waals surface area contributed by atoms with Crippen molar-refractivity contribution in [2.75, 3.05) is 7.11 Å². The van der Waals surface area contributed by atoms with E-state index in [1.54, 1.807) is 13.3 Å². The van der Waals surface area contributed by atoms with E-state index in [1.807, 2.05) is 24.3 Å². The molecule has 0 amide bonds.